The maximum atomic E-state index is 12.7. The van der Waals surface area contributed by atoms with Crippen LogP contribution in [0.2, 0.25) is 0 Å². The fourth-order valence-electron chi connectivity index (χ4n) is 1.44. The van der Waals surface area contributed by atoms with E-state index >= 15 is 0 Å². The highest BCUT2D eigenvalue weighted by atomic mass is 19.1. The van der Waals surface area contributed by atoms with Gasteiger partial charge in [0, 0.05) is 17.5 Å². The number of pyridine rings is 2. The Morgan fingerprint density at radius 1 is 1.00 bits per heavy atom. The van der Waals surface area contributed by atoms with Crippen LogP contribution in [-0.4, -0.2) is 9.97 Å². The third-order valence-electron chi connectivity index (χ3n) is 2.40. The van der Waals surface area contributed by atoms with Gasteiger partial charge in [-0.1, -0.05) is 13.8 Å². The van der Waals surface area contributed by atoms with Gasteiger partial charge in [-0.2, -0.15) is 0 Å². The second-order valence-electron chi connectivity index (χ2n) is 3.99. The van der Waals surface area contributed by atoms with Crippen LogP contribution in [0.15, 0.2) is 36.7 Å². The first-order chi connectivity index (χ1) is 7.66. The van der Waals surface area contributed by atoms with E-state index in [1.54, 1.807) is 12.3 Å². The molecule has 0 aliphatic rings. The van der Waals surface area contributed by atoms with E-state index in [1.165, 1.54) is 12.3 Å². The molecule has 3 heteroatoms. The number of halogens is 1. The van der Waals surface area contributed by atoms with Crippen molar-refractivity contribution in [2.45, 2.75) is 19.8 Å². The number of hydrogen-bond acceptors (Lipinski definition) is 2. The van der Waals surface area contributed by atoms with Crippen molar-refractivity contribution < 1.29 is 4.39 Å². The first kappa shape index (κ1) is 10.7. The molecule has 2 heterocycles. The van der Waals surface area contributed by atoms with E-state index < -0.39 is 0 Å². The summed E-state index contributed by atoms with van der Waals surface area (Å²) >= 11 is 0. The average molecular weight is 216 g/mol. The van der Waals surface area contributed by atoms with Gasteiger partial charge < -0.3 is 0 Å². The molecule has 0 spiro atoms. The van der Waals surface area contributed by atoms with Crippen molar-refractivity contribution in [1.82, 2.24) is 9.97 Å². The summed E-state index contributed by atoms with van der Waals surface area (Å²) in [4.78, 5) is 8.35. The van der Waals surface area contributed by atoms with E-state index in [4.69, 9.17) is 0 Å². The highest BCUT2D eigenvalue weighted by Gasteiger charge is 2.03. The number of rotatable bonds is 2. The summed E-state index contributed by atoms with van der Waals surface area (Å²) < 4.78 is 12.7. The minimum Gasteiger partial charge on any atom is -0.260 e. The minimum atomic E-state index is -0.324. The van der Waals surface area contributed by atoms with Gasteiger partial charge in [-0.25, -0.2) is 4.39 Å². The number of nitrogens with zero attached hydrogens (tertiary/aromatic N) is 2. The van der Waals surface area contributed by atoms with Gasteiger partial charge in [-0.15, -0.1) is 0 Å². The van der Waals surface area contributed by atoms with Crippen molar-refractivity contribution >= 4 is 0 Å². The monoisotopic (exact) mass is 216 g/mol. The maximum absolute atomic E-state index is 12.7. The summed E-state index contributed by atoms with van der Waals surface area (Å²) in [6, 6.07) is 6.99. The van der Waals surface area contributed by atoms with Crippen molar-refractivity contribution in [3.8, 4) is 11.3 Å². The fourth-order valence-corrected chi connectivity index (χ4v) is 1.44. The van der Waals surface area contributed by atoms with Crippen molar-refractivity contribution in [3.63, 3.8) is 0 Å². The third kappa shape index (κ3) is 2.24. The molecule has 0 aromatic carbocycles. The summed E-state index contributed by atoms with van der Waals surface area (Å²) in [6.45, 7) is 4.19. The third-order valence-corrected chi connectivity index (χ3v) is 2.40. The molecule has 0 saturated heterocycles. The Hall–Kier alpha value is -1.77. The van der Waals surface area contributed by atoms with Crippen LogP contribution in [0.3, 0.4) is 0 Å². The predicted octanol–water partition coefficient (Wildman–Crippen LogP) is 3.41. The quantitative estimate of drug-likeness (QED) is 0.768. The van der Waals surface area contributed by atoms with Crippen molar-refractivity contribution in [3.05, 3.63) is 48.2 Å². The highest BCUT2D eigenvalue weighted by Crippen LogP contribution is 2.18. The summed E-state index contributed by atoms with van der Waals surface area (Å²) in [6.07, 6.45) is 2.99. The van der Waals surface area contributed by atoms with Crippen LogP contribution >= 0.6 is 0 Å². The first-order valence-electron chi connectivity index (χ1n) is 5.24. The Morgan fingerprint density at radius 2 is 1.81 bits per heavy atom. The molecule has 2 aromatic rings. The molecule has 0 amide bonds. The summed E-state index contributed by atoms with van der Waals surface area (Å²) in [7, 11) is 0. The summed E-state index contributed by atoms with van der Waals surface area (Å²) in [5.74, 6) is 0.0886. The van der Waals surface area contributed by atoms with E-state index in [9.17, 15) is 4.39 Å². The first-order valence-corrected chi connectivity index (χ1v) is 5.24. The van der Waals surface area contributed by atoms with Crippen molar-refractivity contribution in [2.24, 2.45) is 0 Å². The Morgan fingerprint density at radius 3 is 2.31 bits per heavy atom. The highest BCUT2D eigenvalue weighted by molar-refractivity contribution is 5.57. The number of aromatic nitrogens is 2. The Balaban J connectivity index is 2.31. The van der Waals surface area contributed by atoms with Gasteiger partial charge in [0.2, 0.25) is 0 Å². The van der Waals surface area contributed by atoms with Gasteiger partial charge in [-0.05, 0) is 30.2 Å². The van der Waals surface area contributed by atoms with Gasteiger partial charge >= 0.3 is 0 Å². The molecular weight excluding hydrogens is 203 g/mol. The van der Waals surface area contributed by atoms with Crippen LogP contribution < -0.4 is 0 Å². The van der Waals surface area contributed by atoms with Crippen LogP contribution in [0.5, 0.6) is 0 Å². The molecular formula is C13H13FN2. The molecule has 16 heavy (non-hydrogen) atoms. The lowest BCUT2D eigenvalue weighted by Crippen LogP contribution is -1.92. The Kier molecular flexibility index (Phi) is 2.95. The number of hydrogen-bond donors (Lipinski definition) is 0. The van der Waals surface area contributed by atoms with Gasteiger partial charge in [0.25, 0.3) is 0 Å². The largest absolute Gasteiger partial charge is 0.260 e. The maximum Gasteiger partial charge on any atom is 0.141 e. The Bertz CT molecular complexity index is 460. The molecule has 0 aliphatic heterocycles. The molecule has 82 valence electrons. The predicted molar refractivity (Wildman–Crippen MR) is 61.5 cm³/mol. The van der Waals surface area contributed by atoms with Crippen LogP contribution in [0.4, 0.5) is 4.39 Å². The van der Waals surface area contributed by atoms with Gasteiger partial charge in [-0.3, -0.25) is 9.97 Å². The minimum absolute atomic E-state index is 0.324. The smallest absolute Gasteiger partial charge is 0.141 e. The second kappa shape index (κ2) is 4.39. The standard InChI is InChI=1S/C13H13FN2/c1-9(2)12-5-3-10(7-15-12)13-6-4-11(14)8-16-13/h3-9H,1-2H3. The van der Waals surface area contributed by atoms with Crippen LogP contribution in [0, 0.1) is 5.82 Å². The Labute approximate surface area is 94.2 Å². The molecule has 2 nitrogen and oxygen atoms in total. The molecule has 0 N–H and O–H groups in total. The summed E-state index contributed by atoms with van der Waals surface area (Å²) in [5, 5.41) is 0. The molecule has 0 unspecified atom stereocenters. The van der Waals surface area contributed by atoms with Gasteiger partial charge in [0.15, 0.2) is 0 Å². The summed E-state index contributed by atoms with van der Waals surface area (Å²) in [5.41, 5.74) is 2.69. The molecule has 0 saturated carbocycles. The zero-order chi connectivity index (χ0) is 11.5. The van der Waals surface area contributed by atoms with E-state index in [0.29, 0.717) is 5.92 Å². The lowest BCUT2D eigenvalue weighted by molar-refractivity contribution is 0.622. The second-order valence-corrected chi connectivity index (χ2v) is 3.99. The fraction of sp³-hybridized carbons (Fsp3) is 0.231. The SMILES string of the molecule is CC(C)c1ccc(-c2ccc(F)cn2)cn1. The molecule has 0 radical (unpaired) electrons. The topological polar surface area (TPSA) is 25.8 Å². The molecule has 0 atom stereocenters. The zero-order valence-corrected chi connectivity index (χ0v) is 9.31. The average Bonchev–Trinajstić information content (AvgIpc) is 2.30. The molecule has 2 rings (SSSR count). The van der Waals surface area contributed by atoms with Crippen molar-refractivity contribution in [1.29, 1.82) is 0 Å². The van der Waals surface area contributed by atoms with E-state index in [1.807, 2.05) is 12.1 Å². The van der Waals surface area contributed by atoms with Crippen LogP contribution in [0.25, 0.3) is 11.3 Å². The molecule has 0 fully saturated rings. The lowest BCUT2D eigenvalue weighted by Gasteiger charge is -2.05. The normalized spacial score (nSPS) is 10.8. The molecule has 2 aromatic heterocycles. The van der Waals surface area contributed by atoms with Gasteiger partial charge in [0.1, 0.15) is 5.82 Å². The lowest BCUT2D eigenvalue weighted by atomic mass is 10.1. The van der Waals surface area contributed by atoms with Crippen molar-refractivity contribution in [2.75, 3.05) is 0 Å². The van der Waals surface area contributed by atoms with E-state index in [2.05, 4.69) is 23.8 Å². The van der Waals surface area contributed by atoms with E-state index in [0.717, 1.165) is 17.0 Å². The molecule has 0 aliphatic carbocycles. The van der Waals surface area contributed by atoms with E-state index in [-0.39, 0.29) is 5.82 Å². The van der Waals surface area contributed by atoms with Crippen LogP contribution in [-0.2, 0) is 0 Å². The zero-order valence-electron chi connectivity index (χ0n) is 9.31. The van der Waals surface area contributed by atoms with Crippen LogP contribution in [0.1, 0.15) is 25.5 Å². The van der Waals surface area contributed by atoms with Gasteiger partial charge in [0.05, 0.1) is 11.9 Å². The molecule has 0 bridgehead atoms.